The summed E-state index contributed by atoms with van der Waals surface area (Å²) in [6, 6.07) is 14.4. The van der Waals surface area contributed by atoms with Crippen LogP contribution in [0.5, 0.6) is 0 Å². The van der Waals surface area contributed by atoms with E-state index in [4.69, 9.17) is 9.73 Å². The van der Waals surface area contributed by atoms with E-state index >= 15 is 0 Å². The van der Waals surface area contributed by atoms with Gasteiger partial charge in [-0.1, -0.05) is 42.5 Å². The number of aliphatic hydroxyl groups is 2. The molecular weight excluding hydrogens is 552 g/mol. The molecule has 2 saturated heterocycles. The zero-order valence-electron chi connectivity index (χ0n) is 24.5. The minimum absolute atomic E-state index is 0.123. The Morgan fingerprint density at radius 3 is 2.57 bits per heavy atom. The number of morpholine rings is 1. The van der Waals surface area contributed by atoms with E-state index in [2.05, 4.69) is 54.4 Å². The Morgan fingerprint density at radius 2 is 1.81 bits per heavy atom. The van der Waals surface area contributed by atoms with Gasteiger partial charge in [-0.05, 0) is 60.9 Å². The molecule has 3 aliphatic heterocycles. The van der Waals surface area contributed by atoms with Gasteiger partial charge in [0.2, 0.25) is 0 Å². The third kappa shape index (κ3) is 7.41. The summed E-state index contributed by atoms with van der Waals surface area (Å²) in [5.74, 6) is -0.576. The highest BCUT2D eigenvalue weighted by atomic mass is 32.2. The van der Waals surface area contributed by atoms with Crippen LogP contribution >= 0.6 is 11.8 Å². The van der Waals surface area contributed by atoms with Crippen LogP contribution in [0, 0.1) is 13.8 Å². The molecule has 2 aromatic carbocycles. The van der Waals surface area contributed by atoms with Gasteiger partial charge in [-0.3, -0.25) is 19.5 Å². The van der Waals surface area contributed by atoms with E-state index < -0.39 is 24.0 Å². The molecule has 2 amide bonds. The number of amides is 2. The topological polar surface area (TPSA) is 115 Å². The first-order valence-electron chi connectivity index (χ1n) is 14.9. The first-order valence-corrected chi connectivity index (χ1v) is 15.9. The highest BCUT2D eigenvalue weighted by Crippen LogP contribution is 2.33. The molecule has 10 heteroatoms. The van der Waals surface area contributed by atoms with Crippen LogP contribution in [0.1, 0.15) is 46.7 Å². The van der Waals surface area contributed by atoms with Crippen LogP contribution in [0.2, 0.25) is 0 Å². The third-order valence-electron chi connectivity index (χ3n) is 8.47. The van der Waals surface area contributed by atoms with Crippen molar-refractivity contribution in [1.82, 2.24) is 15.1 Å². The molecule has 42 heavy (non-hydrogen) atoms. The van der Waals surface area contributed by atoms with Crippen molar-refractivity contribution in [2.24, 2.45) is 4.99 Å². The summed E-state index contributed by atoms with van der Waals surface area (Å²) < 4.78 is 5.45. The molecule has 5 rings (SSSR count). The van der Waals surface area contributed by atoms with Crippen LogP contribution in [0.3, 0.4) is 0 Å². The molecule has 2 unspecified atom stereocenters. The van der Waals surface area contributed by atoms with Crippen molar-refractivity contribution >= 4 is 28.6 Å². The molecule has 9 nitrogen and oxygen atoms in total. The average molecular weight is 595 g/mol. The number of nitrogens with one attached hydrogen (secondary N) is 1. The lowest BCUT2D eigenvalue weighted by Gasteiger charge is -2.29. The predicted octanol–water partition coefficient (Wildman–Crippen LogP) is 2.39. The van der Waals surface area contributed by atoms with E-state index in [1.165, 1.54) is 16.7 Å². The number of aryl methyl sites for hydroxylation is 2. The van der Waals surface area contributed by atoms with E-state index in [1.54, 1.807) is 16.7 Å². The van der Waals surface area contributed by atoms with Gasteiger partial charge in [0, 0.05) is 31.9 Å². The summed E-state index contributed by atoms with van der Waals surface area (Å²) in [6.07, 6.45) is -1.30. The van der Waals surface area contributed by atoms with Crippen molar-refractivity contribution in [1.29, 1.82) is 0 Å². The maximum absolute atomic E-state index is 13.3. The van der Waals surface area contributed by atoms with Crippen LogP contribution < -0.4 is 5.32 Å². The lowest BCUT2D eigenvalue weighted by molar-refractivity contribution is -0.153. The largest absolute Gasteiger partial charge is 0.380 e. The second-order valence-electron chi connectivity index (χ2n) is 11.5. The number of carbonyl (C=O) groups is 2. The van der Waals surface area contributed by atoms with Crippen LogP contribution in [0.25, 0.3) is 0 Å². The van der Waals surface area contributed by atoms with Gasteiger partial charge in [0.05, 0.1) is 36.9 Å². The second-order valence-corrected chi connectivity index (χ2v) is 12.6. The molecule has 0 aliphatic carbocycles. The molecule has 0 bridgehead atoms. The van der Waals surface area contributed by atoms with E-state index in [0.29, 0.717) is 6.54 Å². The maximum atomic E-state index is 13.3. The SMILES string of the molecule is Cc1cccc(C)c1CC1CSC(CNC(=O)[C@H](O)[C@@H](O)C(=O)N2CCCC2c2cccc(CN3CCOCC3)c2)=N1. The number of aliphatic imine (C=N–C) groups is 1. The maximum Gasteiger partial charge on any atom is 0.255 e. The summed E-state index contributed by atoms with van der Waals surface area (Å²) in [4.78, 5) is 34.7. The standard InChI is InChI=1S/C32H42N4O5S/c1-21-6-3-7-22(2)26(21)17-25-20-42-28(34-25)18-33-31(39)29(37)30(38)32(40)36-11-5-10-27(36)24-9-4-8-23(16-24)19-35-12-14-41-15-13-35/h3-4,6-9,16,25,27,29-30,37-38H,5,10-15,17-20H2,1-2H3,(H,33,39)/t25?,27?,29-,30-/m1/s1. The van der Waals surface area contributed by atoms with Crippen LogP contribution in [0.4, 0.5) is 0 Å². The monoisotopic (exact) mass is 594 g/mol. The Labute approximate surface area is 252 Å². The zero-order chi connectivity index (χ0) is 29.6. The first-order chi connectivity index (χ1) is 20.3. The number of ether oxygens (including phenoxy) is 1. The van der Waals surface area contributed by atoms with Crippen molar-refractivity contribution in [3.8, 4) is 0 Å². The number of benzene rings is 2. The number of likely N-dealkylation sites (tertiary alicyclic amines) is 1. The van der Waals surface area contributed by atoms with Crippen molar-refractivity contribution in [3.63, 3.8) is 0 Å². The quantitative estimate of drug-likeness (QED) is 0.387. The molecule has 0 aromatic heterocycles. The predicted molar refractivity (Wildman–Crippen MR) is 165 cm³/mol. The van der Waals surface area contributed by atoms with Gasteiger partial charge < -0.3 is 25.2 Å². The molecular formula is C32H42N4O5S. The Balaban J connectivity index is 1.14. The molecule has 0 spiro atoms. The zero-order valence-corrected chi connectivity index (χ0v) is 25.3. The van der Waals surface area contributed by atoms with Crippen molar-refractivity contribution in [2.45, 2.75) is 63.9 Å². The van der Waals surface area contributed by atoms with E-state index in [1.807, 2.05) is 12.1 Å². The van der Waals surface area contributed by atoms with Gasteiger partial charge in [-0.15, -0.1) is 11.8 Å². The van der Waals surface area contributed by atoms with Gasteiger partial charge in [0.25, 0.3) is 11.8 Å². The van der Waals surface area contributed by atoms with Crippen LogP contribution in [-0.4, -0.2) is 100 Å². The van der Waals surface area contributed by atoms with Gasteiger partial charge >= 0.3 is 0 Å². The Morgan fingerprint density at radius 1 is 1.07 bits per heavy atom. The Kier molecular flexibility index (Phi) is 10.3. The smallest absolute Gasteiger partial charge is 0.255 e. The van der Waals surface area contributed by atoms with Crippen molar-refractivity contribution < 1.29 is 24.5 Å². The molecule has 3 heterocycles. The molecule has 3 aliphatic rings. The summed E-state index contributed by atoms with van der Waals surface area (Å²) in [5.41, 5.74) is 5.97. The molecule has 226 valence electrons. The van der Waals surface area contributed by atoms with Gasteiger partial charge in [-0.2, -0.15) is 0 Å². The van der Waals surface area contributed by atoms with Gasteiger partial charge in [0.15, 0.2) is 12.2 Å². The minimum atomic E-state index is -1.86. The normalized spacial score (nSPS) is 22.6. The van der Waals surface area contributed by atoms with E-state index in [-0.39, 0.29) is 18.6 Å². The number of thioether (sulfide) groups is 1. The molecule has 4 atom stereocenters. The average Bonchev–Trinajstić information content (AvgIpc) is 3.67. The summed E-state index contributed by atoms with van der Waals surface area (Å²) in [7, 11) is 0. The lowest BCUT2D eigenvalue weighted by Crippen LogP contribution is -2.51. The summed E-state index contributed by atoms with van der Waals surface area (Å²) in [6.45, 7) is 8.92. The van der Waals surface area contributed by atoms with E-state index in [0.717, 1.165) is 74.0 Å². The number of carbonyl (C=O) groups excluding carboxylic acids is 2. The third-order valence-corrected chi connectivity index (χ3v) is 9.60. The minimum Gasteiger partial charge on any atom is -0.380 e. The number of aliphatic hydroxyl groups excluding tert-OH is 2. The van der Waals surface area contributed by atoms with Gasteiger partial charge in [0.1, 0.15) is 0 Å². The lowest BCUT2D eigenvalue weighted by atomic mass is 9.97. The number of hydrogen-bond acceptors (Lipinski definition) is 8. The fourth-order valence-electron chi connectivity index (χ4n) is 6.09. The van der Waals surface area contributed by atoms with Crippen LogP contribution in [0.15, 0.2) is 47.5 Å². The molecule has 2 fully saturated rings. The second kappa shape index (κ2) is 14.1. The molecule has 3 N–H and O–H groups in total. The summed E-state index contributed by atoms with van der Waals surface area (Å²) >= 11 is 1.59. The van der Waals surface area contributed by atoms with Crippen molar-refractivity contribution in [2.75, 3.05) is 45.1 Å². The van der Waals surface area contributed by atoms with E-state index in [9.17, 15) is 19.8 Å². The summed E-state index contributed by atoms with van der Waals surface area (Å²) in [5, 5.41) is 24.8. The number of rotatable bonds is 10. The van der Waals surface area contributed by atoms with Gasteiger partial charge in [-0.25, -0.2) is 0 Å². The highest BCUT2D eigenvalue weighted by molar-refractivity contribution is 8.14. The first kappa shape index (κ1) is 30.7. The fourth-order valence-corrected chi connectivity index (χ4v) is 7.06. The molecule has 2 aromatic rings. The Bertz CT molecular complexity index is 1280. The molecule has 0 radical (unpaired) electrons. The number of nitrogens with zero attached hydrogens (tertiary/aromatic N) is 3. The van der Waals surface area contributed by atoms with Crippen LogP contribution in [-0.2, 0) is 27.3 Å². The van der Waals surface area contributed by atoms with Crippen molar-refractivity contribution in [3.05, 3.63) is 70.3 Å². The number of hydrogen-bond donors (Lipinski definition) is 3. The Hall–Kier alpha value is -2.76. The fraction of sp³-hybridized carbons (Fsp3) is 0.531. The molecule has 0 saturated carbocycles. The highest BCUT2D eigenvalue weighted by Gasteiger charge is 2.38.